The van der Waals surface area contributed by atoms with Crippen LogP contribution in [0, 0.1) is 5.41 Å². The second kappa shape index (κ2) is 4.63. The van der Waals surface area contributed by atoms with Crippen molar-refractivity contribution in [3.63, 3.8) is 0 Å². The van der Waals surface area contributed by atoms with Gasteiger partial charge in [0.05, 0.1) is 0 Å². The minimum Gasteiger partial charge on any atom is -0.315 e. The molecule has 1 saturated carbocycles. The van der Waals surface area contributed by atoms with Crippen LogP contribution in [0.1, 0.15) is 39.0 Å². The van der Waals surface area contributed by atoms with Gasteiger partial charge in [0, 0.05) is 26.2 Å². The van der Waals surface area contributed by atoms with Crippen molar-refractivity contribution < 1.29 is 0 Å². The number of hydrogen-bond acceptors (Lipinski definition) is 2. The van der Waals surface area contributed by atoms with Gasteiger partial charge in [-0.2, -0.15) is 0 Å². The second-order valence-electron chi connectivity index (χ2n) is 5.11. The lowest BCUT2D eigenvalue weighted by Crippen LogP contribution is -2.41. The molecule has 1 heterocycles. The number of rotatable bonds is 1. The average Bonchev–Trinajstić information content (AvgIpc) is 2.42. The van der Waals surface area contributed by atoms with Gasteiger partial charge in [0.1, 0.15) is 0 Å². The molecule has 0 radical (unpaired) electrons. The van der Waals surface area contributed by atoms with Gasteiger partial charge in [-0.25, -0.2) is 0 Å². The molecule has 2 heteroatoms. The van der Waals surface area contributed by atoms with E-state index >= 15 is 0 Å². The molecule has 0 atom stereocenters. The van der Waals surface area contributed by atoms with E-state index in [2.05, 4.69) is 17.1 Å². The molecule has 2 rings (SSSR count). The molecule has 0 aromatic carbocycles. The molecule has 0 aromatic rings. The molecule has 2 aliphatic rings. The van der Waals surface area contributed by atoms with Crippen LogP contribution in [0.5, 0.6) is 0 Å². The summed E-state index contributed by atoms with van der Waals surface area (Å²) in [5, 5.41) is 3.63. The maximum atomic E-state index is 3.63. The summed E-state index contributed by atoms with van der Waals surface area (Å²) in [5.41, 5.74) is 0.630. The fourth-order valence-electron chi connectivity index (χ4n) is 3.11. The van der Waals surface area contributed by atoms with Crippen molar-refractivity contribution in [1.29, 1.82) is 0 Å². The lowest BCUT2D eigenvalue weighted by Gasteiger charge is -2.39. The Hall–Kier alpha value is -0.0800. The topological polar surface area (TPSA) is 15.3 Å². The number of hydrogen-bond donors (Lipinski definition) is 1. The molecule has 1 aliphatic heterocycles. The summed E-state index contributed by atoms with van der Waals surface area (Å²) >= 11 is 0. The molecular formula is C12H24N2. The van der Waals surface area contributed by atoms with Crippen molar-refractivity contribution in [3.8, 4) is 0 Å². The van der Waals surface area contributed by atoms with Crippen molar-refractivity contribution in [2.45, 2.75) is 39.0 Å². The van der Waals surface area contributed by atoms with E-state index in [9.17, 15) is 0 Å². The highest BCUT2D eigenvalue weighted by Crippen LogP contribution is 2.37. The number of nitrogens with zero attached hydrogens (tertiary/aromatic N) is 1. The highest BCUT2D eigenvalue weighted by molar-refractivity contribution is 4.89. The first-order valence-electron chi connectivity index (χ1n) is 6.28. The van der Waals surface area contributed by atoms with E-state index < -0.39 is 0 Å². The Kier molecular flexibility index (Phi) is 3.45. The molecule has 1 aliphatic carbocycles. The lowest BCUT2D eigenvalue weighted by molar-refractivity contribution is 0.129. The van der Waals surface area contributed by atoms with E-state index in [0.717, 1.165) is 0 Å². The van der Waals surface area contributed by atoms with E-state index in [1.807, 2.05) is 0 Å². The predicted molar refractivity (Wildman–Crippen MR) is 60.5 cm³/mol. The average molecular weight is 196 g/mol. The molecule has 1 spiro atoms. The zero-order valence-electron chi connectivity index (χ0n) is 9.52. The maximum Gasteiger partial charge on any atom is 0.0107 e. The van der Waals surface area contributed by atoms with Gasteiger partial charge in [0.2, 0.25) is 0 Å². The van der Waals surface area contributed by atoms with Crippen molar-refractivity contribution in [3.05, 3.63) is 0 Å². The minimum atomic E-state index is 0.630. The van der Waals surface area contributed by atoms with Crippen LogP contribution in [0.2, 0.25) is 0 Å². The third-order valence-electron chi connectivity index (χ3n) is 4.03. The summed E-state index contributed by atoms with van der Waals surface area (Å²) in [6, 6.07) is 0. The van der Waals surface area contributed by atoms with Crippen molar-refractivity contribution >= 4 is 0 Å². The fourth-order valence-corrected chi connectivity index (χ4v) is 3.11. The van der Waals surface area contributed by atoms with Gasteiger partial charge in [-0.3, -0.25) is 0 Å². The molecule has 0 unspecified atom stereocenters. The summed E-state index contributed by atoms with van der Waals surface area (Å²) in [7, 11) is 0. The monoisotopic (exact) mass is 196 g/mol. The first-order valence-corrected chi connectivity index (χ1v) is 6.28. The Morgan fingerprint density at radius 1 is 1.21 bits per heavy atom. The molecule has 2 nitrogen and oxygen atoms in total. The fraction of sp³-hybridized carbons (Fsp3) is 1.00. The Morgan fingerprint density at radius 3 is 2.71 bits per heavy atom. The molecule has 14 heavy (non-hydrogen) atoms. The summed E-state index contributed by atoms with van der Waals surface area (Å²) in [6.45, 7) is 8.57. The Balaban J connectivity index is 2.00. The smallest absolute Gasteiger partial charge is 0.0107 e. The van der Waals surface area contributed by atoms with Gasteiger partial charge in [-0.1, -0.05) is 26.2 Å². The first-order chi connectivity index (χ1) is 6.85. The molecule has 2 fully saturated rings. The van der Waals surface area contributed by atoms with Crippen LogP contribution in [-0.4, -0.2) is 37.6 Å². The van der Waals surface area contributed by atoms with Crippen LogP contribution in [0.3, 0.4) is 0 Å². The van der Waals surface area contributed by atoms with Crippen LogP contribution < -0.4 is 5.32 Å². The van der Waals surface area contributed by atoms with Crippen LogP contribution in [0.4, 0.5) is 0 Å². The van der Waals surface area contributed by atoms with E-state index in [4.69, 9.17) is 0 Å². The predicted octanol–water partition coefficient (Wildman–Crippen LogP) is 1.86. The molecule has 1 N–H and O–H groups in total. The van der Waals surface area contributed by atoms with Crippen molar-refractivity contribution in [1.82, 2.24) is 10.2 Å². The zero-order chi connectivity index (χ0) is 9.86. The molecule has 82 valence electrons. The Morgan fingerprint density at radius 2 is 2.00 bits per heavy atom. The highest BCUT2D eigenvalue weighted by atomic mass is 15.2. The van der Waals surface area contributed by atoms with E-state index in [1.165, 1.54) is 64.8 Å². The zero-order valence-corrected chi connectivity index (χ0v) is 9.52. The molecule has 0 bridgehead atoms. The van der Waals surface area contributed by atoms with Crippen LogP contribution in [0.15, 0.2) is 0 Å². The highest BCUT2D eigenvalue weighted by Gasteiger charge is 2.34. The SMILES string of the molecule is CCN1CCNCC2(CCCCC2)C1. The van der Waals surface area contributed by atoms with Gasteiger partial charge in [-0.15, -0.1) is 0 Å². The van der Waals surface area contributed by atoms with E-state index in [-0.39, 0.29) is 0 Å². The molecule has 0 aromatic heterocycles. The van der Waals surface area contributed by atoms with Gasteiger partial charge >= 0.3 is 0 Å². The van der Waals surface area contributed by atoms with E-state index in [1.54, 1.807) is 0 Å². The van der Waals surface area contributed by atoms with Gasteiger partial charge in [0.15, 0.2) is 0 Å². The molecule has 0 amide bonds. The summed E-state index contributed by atoms with van der Waals surface area (Å²) in [5.74, 6) is 0. The minimum absolute atomic E-state index is 0.630. The Labute approximate surface area is 88.1 Å². The van der Waals surface area contributed by atoms with Crippen LogP contribution in [0.25, 0.3) is 0 Å². The van der Waals surface area contributed by atoms with E-state index in [0.29, 0.717) is 5.41 Å². The van der Waals surface area contributed by atoms with Gasteiger partial charge in [0.25, 0.3) is 0 Å². The normalized spacial score (nSPS) is 28.9. The van der Waals surface area contributed by atoms with Crippen LogP contribution in [-0.2, 0) is 0 Å². The molecule has 1 saturated heterocycles. The third-order valence-corrected chi connectivity index (χ3v) is 4.03. The number of nitrogens with one attached hydrogen (secondary N) is 1. The quantitative estimate of drug-likeness (QED) is 0.688. The third kappa shape index (κ3) is 2.29. The largest absolute Gasteiger partial charge is 0.315 e. The Bertz CT molecular complexity index is 173. The summed E-state index contributed by atoms with van der Waals surface area (Å²) in [4.78, 5) is 2.63. The lowest BCUT2D eigenvalue weighted by atomic mass is 9.74. The van der Waals surface area contributed by atoms with Crippen molar-refractivity contribution in [2.75, 3.05) is 32.7 Å². The van der Waals surface area contributed by atoms with Crippen molar-refractivity contribution in [2.24, 2.45) is 5.41 Å². The molecular weight excluding hydrogens is 172 g/mol. The summed E-state index contributed by atoms with van der Waals surface area (Å²) in [6.07, 6.45) is 7.29. The number of likely N-dealkylation sites (N-methyl/N-ethyl adjacent to an activating group) is 1. The standard InChI is InChI=1S/C12H24N2/c1-2-14-9-8-13-10-12(11-14)6-4-3-5-7-12/h13H,2-11H2,1H3. The van der Waals surface area contributed by atoms with Gasteiger partial charge < -0.3 is 10.2 Å². The van der Waals surface area contributed by atoms with Gasteiger partial charge in [-0.05, 0) is 24.8 Å². The maximum absolute atomic E-state index is 3.63. The first kappa shape index (κ1) is 10.4. The summed E-state index contributed by atoms with van der Waals surface area (Å²) < 4.78 is 0. The van der Waals surface area contributed by atoms with Crippen LogP contribution >= 0.6 is 0 Å². The second-order valence-corrected chi connectivity index (χ2v) is 5.11.